The second-order valence-electron chi connectivity index (χ2n) is 6.57. The molecule has 0 amide bonds. The topological polar surface area (TPSA) is 214 Å². The summed E-state index contributed by atoms with van der Waals surface area (Å²) in [5, 5.41) is 77.7. The summed E-state index contributed by atoms with van der Waals surface area (Å²) < 4.78 is -0.688. The van der Waals surface area contributed by atoms with E-state index in [9.17, 15) is 50.4 Å². The Bertz CT molecular complexity index is 613. The Morgan fingerprint density at radius 1 is 0.926 bits per heavy atom. The van der Waals surface area contributed by atoms with Crippen LogP contribution in [0.1, 0.15) is 19.3 Å². The van der Waals surface area contributed by atoms with E-state index in [-0.39, 0.29) is 0 Å². The van der Waals surface area contributed by atoms with Crippen molar-refractivity contribution < 1.29 is 75.8 Å². The van der Waals surface area contributed by atoms with Crippen LogP contribution in [0.15, 0.2) is 0 Å². The Balaban J connectivity index is 2.04. The molecule has 2 rings (SSSR count). The molecule has 2 aliphatic carbocycles. The fraction of sp³-hybridized carbons (Fsp3) is 0.714. The molecule has 8 N–H and O–H groups in total. The van der Waals surface area contributed by atoms with E-state index in [0.29, 0.717) is 0 Å². The Hall–Kier alpha value is -0.991. The molecule has 2 aliphatic rings. The van der Waals surface area contributed by atoms with Gasteiger partial charge >= 0.3 is 159 Å². The van der Waals surface area contributed by atoms with Gasteiger partial charge in [0.2, 0.25) is 0 Å². The molecule has 0 aromatic rings. The maximum atomic E-state index is 12.1. The van der Waals surface area contributed by atoms with Gasteiger partial charge in [-0.05, 0) is 0 Å². The number of hydrogen-bond donors (Lipinski definition) is 8. The van der Waals surface area contributed by atoms with Crippen molar-refractivity contribution in [2.45, 2.75) is 61.0 Å². The molecule has 0 bridgehead atoms. The molecule has 2 unspecified atom stereocenters. The third-order valence-electron chi connectivity index (χ3n) is 4.51. The van der Waals surface area contributed by atoms with Crippen molar-refractivity contribution in [1.29, 1.82) is 0 Å². The second kappa shape index (κ2) is 7.79. The van der Waals surface area contributed by atoms with Crippen molar-refractivity contribution in [1.82, 2.24) is 0 Å². The summed E-state index contributed by atoms with van der Waals surface area (Å²) in [5.74, 6) is -3.28. The summed E-state index contributed by atoms with van der Waals surface area (Å²) in [6, 6.07) is 0. The van der Waals surface area contributed by atoms with Gasteiger partial charge in [-0.15, -0.1) is 0 Å². The Morgan fingerprint density at radius 2 is 1.41 bits per heavy atom. The quantitative estimate of drug-likeness (QED) is 0.0887. The minimum atomic E-state index is -2.73. The first-order chi connectivity index (χ1) is 12.3. The molecule has 0 aliphatic heterocycles. The summed E-state index contributed by atoms with van der Waals surface area (Å²) in [6.07, 6.45) is -11.7. The monoisotopic (exact) mass is 435 g/mol. The van der Waals surface area contributed by atoms with Crippen molar-refractivity contribution in [2.24, 2.45) is 0 Å². The Morgan fingerprint density at radius 3 is 1.93 bits per heavy atom. The number of rotatable bonds is 2. The van der Waals surface area contributed by atoms with Gasteiger partial charge in [0.05, 0.1) is 0 Å². The first-order valence-corrected chi connectivity index (χ1v) is 8.25. The molecule has 0 heterocycles. The molecule has 0 radical (unpaired) electrons. The third kappa shape index (κ3) is 4.07. The van der Waals surface area contributed by atoms with Gasteiger partial charge in [0, 0.05) is 0 Å². The van der Waals surface area contributed by atoms with E-state index in [0.717, 1.165) is 0 Å². The molecule has 0 aromatic carbocycles. The summed E-state index contributed by atoms with van der Waals surface area (Å²) >= 11 is 3.22. The number of hydrogen-bond acceptors (Lipinski definition) is 12. The van der Waals surface area contributed by atoms with Gasteiger partial charge in [0.25, 0.3) is 0 Å². The normalized spacial score (nSPS) is 43.3. The van der Waals surface area contributed by atoms with Crippen LogP contribution in [0.25, 0.3) is 0 Å². The maximum absolute atomic E-state index is 12.1. The van der Waals surface area contributed by atoms with Crippen LogP contribution in [0.3, 0.4) is 0 Å². The molecule has 155 valence electrons. The molecule has 0 spiro atoms. The van der Waals surface area contributed by atoms with E-state index in [4.69, 9.17) is 0 Å². The van der Waals surface area contributed by atoms with Crippen LogP contribution in [0.2, 0.25) is 0 Å². The van der Waals surface area contributed by atoms with Crippen molar-refractivity contribution in [3.63, 3.8) is 0 Å². The summed E-state index contributed by atoms with van der Waals surface area (Å²) in [6.45, 7) is 0. The molecule has 5 atom stereocenters. The zero-order valence-electron chi connectivity index (χ0n) is 13.6. The predicted octanol–water partition coefficient (Wildman–Crippen LogP) is -4.92. The standard InChI is InChI=1S/C14H19O12.Fe/c15-5-1-13(23,2-6(16)9(5)19)11(21)25-26-12(22)14(24)3-7(17)10(20)8(18)4-14;/h5-7,9-10,15-20,23-24H,1-3H2;/q-1;+1/t5-,6-,7-,9?,10?,13?,14?;/m1./s1. The predicted molar refractivity (Wildman–Crippen MR) is 76.2 cm³/mol. The van der Waals surface area contributed by atoms with Crippen molar-refractivity contribution in [3.05, 3.63) is 6.10 Å². The van der Waals surface area contributed by atoms with Crippen LogP contribution < -0.4 is 0 Å². The first-order valence-electron chi connectivity index (χ1n) is 7.70. The number of aliphatic hydroxyl groups excluding tert-OH is 6. The van der Waals surface area contributed by atoms with Crippen molar-refractivity contribution in [2.75, 3.05) is 0 Å². The summed E-state index contributed by atoms with van der Waals surface area (Å²) in [4.78, 5) is 32.3. The molecule has 12 nitrogen and oxygen atoms in total. The molecule has 27 heavy (non-hydrogen) atoms. The summed E-state index contributed by atoms with van der Waals surface area (Å²) in [5.41, 5.74) is -5.22. The minimum absolute atomic E-state index is 0.688. The van der Waals surface area contributed by atoms with Crippen LogP contribution in [-0.2, 0) is 34.9 Å². The van der Waals surface area contributed by atoms with Crippen LogP contribution in [0.5, 0.6) is 0 Å². The molecule has 2 saturated carbocycles. The second-order valence-corrected chi connectivity index (χ2v) is 7.12. The van der Waals surface area contributed by atoms with E-state index in [1.165, 1.54) is 0 Å². The van der Waals surface area contributed by atoms with Gasteiger partial charge in [0.1, 0.15) is 0 Å². The average Bonchev–Trinajstić information content (AvgIpc) is 2.60. The molecular weight excluding hydrogens is 416 g/mol. The van der Waals surface area contributed by atoms with Crippen LogP contribution in [-0.4, -0.2) is 98.9 Å². The van der Waals surface area contributed by atoms with E-state index in [1.807, 2.05) is 0 Å². The van der Waals surface area contributed by atoms with Crippen molar-refractivity contribution in [3.8, 4) is 0 Å². The number of carbonyl (C=O) groups is 2. The Labute approximate surface area is 159 Å². The van der Waals surface area contributed by atoms with Crippen LogP contribution in [0.4, 0.5) is 0 Å². The fourth-order valence-electron chi connectivity index (χ4n) is 2.85. The SMILES string of the molecule is O=C(OOC(=O)C1(O)C[C@@H](O)C(O)[C-](O)[C]1=[Fe+])C1(O)C[C@@H](O)C(O)[C@H](O)C1. The zero-order valence-corrected chi connectivity index (χ0v) is 14.7. The van der Waals surface area contributed by atoms with E-state index in [2.05, 4.69) is 25.4 Å². The van der Waals surface area contributed by atoms with Gasteiger partial charge in [-0.2, -0.15) is 0 Å². The molecule has 2 fully saturated rings. The van der Waals surface area contributed by atoms with Gasteiger partial charge < -0.3 is 0 Å². The van der Waals surface area contributed by atoms with E-state index in [1.54, 1.807) is 0 Å². The van der Waals surface area contributed by atoms with Gasteiger partial charge in [-0.25, -0.2) is 0 Å². The molecule has 0 aromatic heterocycles. The average molecular weight is 435 g/mol. The molecule has 0 saturated heterocycles. The van der Waals surface area contributed by atoms with Crippen LogP contribution in [0, 0.1) is 6.10 Å². The van der Waals surface area contributed by atoms with Crippen LogP contribution >= 0.6 is 0 Å². The number of carbonyl (C=O) groups excluding carboxylic acids is 2. The fourth-order valence-corrected chi connectivity index (χ4v) is 3.24. The molecular formula is C14H19FeO12. The molecule has 13 heteroatoms. The number of aliphatic hydroxyl groups is 8. The first kappa shape index (κ1) is 22.3. The van der Waals surface area contributed by atoms with Gasteiger partial charge in [-0.1, -0.05) is 0 Å². The van der Waals surface area contributed by atoms with Crippen molar-refractivity contribution >= 4 is 16.4 Å². The van der Waals surface area contributed by atoms with E-state index < -0.39 is 83.4 Å². The summed E-state index contributed by atoms with van der Waals surface area (Å²) in [7, 11) is 0. The third-order valence-corrected chi connectivity index (χ3v) is 5.25. The Kier molecular flexibility index (Phi) is 6.44. The van der Waals surface area contributed by atoms with E-state index >= 15 is 0 Å². The van der Waals surface area contributed by atoms with Gasteiger partial charge in [0.15, 0.2) is 0 Å². The zero-order chi connectivity index (χ0) is 20.7. The van der Waals surface area contributed by atoms with Gasteiger partial charge in [-0.3, -0.25) is 0 Å².